The number of imide groups is 1. The Balaban J connectivity index is 1.51. The molecule has 0 radical (unpaired) electrons. The maximum Gasteiger partial charge on any atom is 0.325 e. The van der Waals surface area contributed by atoms with Gasteiger partial charge in [0.05, 0.1) is 11.0 Å². The highest BCUT2D eigenvalue weighted by Crippen LogP contribution is 2.38. The Morgan fingerprint density at radius 3 is 2.86 bits per heavy atom. The standard InChI is InChI=1S/C20H25N5O3/c1-3-24-15-10-5-4-9-14(15)21-18(24)22-16(26)12-25-17(27)20(23-19(25)28)11-7-6-8-13(20)2/h4-5,9-10,13H,3,6-8,11-12H2,1-2H3,(H,23,28)(H,21,22,26). The van der Waals surface area contributed by atoms with Gasteiger partial charge in [0.25, 0.3) is 5.91 Å². The number of para-hydroxylation sites is 2. The lowest BCUT2D eigenvalue weighted by Crippen LogP contribution is -2.54. The Morgan fingerprint density at radius 1 is 1.32 bits per heavy atom. The lowest BCUT2D eigenvalue weighted by molar-refractivity contribution is -0.136. The number of aryl methyl sites for hydroxylation is 1. The second-order valence-corrected chi connectivity index (χ2v) is 7.66. The van der Waals surface area contributed by atoms with E-state index in [4.69, 9.17) is 0 Å². The van der Waals surface area contributed by atoms with Gasteiger partial charge in [0.15, 0.2) is 0 Å². The molecule has 8 heteroatoms. The van der Waals surface area contributed by atoms with Crippen molar-refractivity contribution in [2.24, 2.45) is 5.92 Å². The summed E-state index contributed by atoms with van der Waals surface area (Å²) in [4.78, 5) is 43.6. The van der Waals surface area contributed by atoms with E-state index in [9.17, 15) is 14.4 Å². The Bertz CT molecular complexity index is 952. The molecule has 148 valence electrons. The molecule has 2 fully saturated rings. The van der Waals surface area contributed by atoms with Crippen molar-refractivity contribution in [1.82, 2.24) is 19.8 Å². The second kappa shape index (κ2) is 6.92. The van der Waals surface area contributed by atoms with Crippen LogP contribution in [0.3, 0.4) is 0 Å². The Morgan fingerprint density at radius 2 is 2.11 bits per heavy atom. The molecule has 2 unspecified atom stereocenters. The number of hydrogen-bond donors (Lipinski definition) is 2. The first kappa shape index (κ1) is 18.5. The molecule has 2 atom stereocenters. The summed E-state index contributed by atoms with van der Waals surface area (Å²) in [5.41, 5.74) is 0.849. The maximum absolute atomic E-state index is 13.0. The number of carbonyl (C=O) groups is 3. The van der Waals surface area contributed by atoms with Crippen LogP contribution in [0.1, 0.15) is 39.5 Å². The molecule has 1 saturated heterocycles. The van der Waals surface area contributed by atoms with E-state index in [0.717, 1.165) is 35.2 Å². The summed E-state index contributed by atoms with van der Waals surface area (Å²) in [5.74, 6) is -0.241. The van der Waals surface area contributed by atoms with Gasteiger partial charge in [0.2, 0.25) is 11.9 Å². The van der Waals surface area contributed by atoms with Gasteiger partial charge < -0.3 is 9.88 Å². The fraction of sp³-hybridized carbons (Fsp3) is 0.500. The monoisotopic (exact) mass is 383 g/mol. The molecule has 1 aromatic heterocycles. The van der Waals surface area contributed by atoms with Gasteiger partial charge in [-0.25, -0.2) is 9.78 Å². The lowest BCUT2D eigenvalue weighted by Gasteiger charge is -2.36. The Kier molecular flexibility index (Phi) is 4.56. The van der Waals surface area contributed by atoms with Crippen LogP contribution in [0, 0.1) is 5.92 Å². The van der Waals surface area contributed by atoms with Gasteiger partial charge in [-0.1, -0.05) is 31.9 Å². The number of carbonyl (C=O) groups excluding carboxylic acids is 3. The molecule has 4 rings (SSSR count). The van der Waals surface area contributed by atoms with E-state index in [1.807, 2.05) is 42.7 Å². The van der Waals surface area contributed by atoms with E-state index >= 15 is 0 Å². The molecule has 2 N–H and O–H groups in total. The Labute approximate surface area is 163 Å². The van der Waals surface area contributed by atoms with Gasteiger partial charge in [-0.3, -0.25) is 19.8 Å². The highest BCUT2D eigenvalue weighted by Gasteiger charge is 2.55. The van der Waals surface area contributed by atoms with Crippen LogP contribution in [0.15, 0.2) is 24.3 Å². The van der Waals surface area contributed by atoms with E-state index < -0.39 is 17.5 Å². The van der Waals surface area contributed by atoms with Crippen LogP contribution < -0.4 is 10.6 Å². The van der Waals surface area contributed by atoms with Gasteiger partial charge in [0, 0.05) is 6.54 Å². The minimum absolute atomic E-state index is 0.0649. The minimum atomic E-state index is -0.855. The molecule has 1 aromatic carbocycles. The third kappa shape index (κ3) is 2.83. The van der Waals surface area contributed by atoms with Crippen LogP contribution in [0.4, 0.5) is 10.7 Å². The summed E-state index contributed by atoms with van der Waals surface area (Å²) in [6.45, 7) is 4.28. The predicted octanol–water partition coefficient (Wildman–Crippen LogP) is 2.50. The third-order valence-electron chi connectivity index (χ3n) is 6.03. The van der Waals surface area contributed by atoms with Gasteiger partial charge in [-0.15, -0.1) is 0 Å². The highest BCUT2D eigenvalue weighted by molar-refractivity contribution is 6.10. The first-order valence-corrected chi connectivity index (χ1v) is 9.85. The summed E-state index contributed by atoms with van der Waals surface area (Å²) >= 11 is 0. The largest absolute Gasteiger partial charge is 0.325 e. The molecular weight excluding hydrogens is 358 g/mol. The van der Waals surface area contributed by atoms with Crippen molar-refractivity contribution in [3.63, 3.8) is 0 Å². The zero-order valence-corrected chi connectivity index (χ0v) is 16.2. The molecule has 28 heavy (non-hydrogen) atoms. The number of amides is 4. The van der Waals surface area contributed by atoms with E-state index in [1.165, 1.54) is 0 Å². The summed E-state index contributed by atoms with van der Waals surface area (Å²) in [6, 6.07) is 7.13. The number of urea groups is 1. The topological polar surface area (TPSA) is 96.3 Å². The number of rotatable bonds is 4. The number of hydrogen-bond acceptors (Lipinski definition) is 4. The average Bonchev–Trinajstić information content (AvgIpc) is 3.14. The number of nitrogens with one attached hydrogen (secondary N) is 2. The van der Waals surface area contributed by atoms with Crippen molar-refractivity contribution >= 4 is 34.8 Å². The highest BCUT2D eigenvalue weighted by atomic mass is 16.2. The first-order valence-electron chi connectivity index (χ1n) is 9.85. The fourth-order valence-corrected chi connectivity index (χ4v) is 4.44. The van der Waals surface area contributed by atoms with Gasteiger partial charge in [-0.2, -0.15) is 0 Å². The van der Waals surface area contributed by atoms with Crippen LogP contribution in [0.25, 0.3) is 11.0 Å². The van der Waals surface area contributed by atoms with Crippen molar-refractivity contribution in [3.05, 3.63) is 24.3 Å². The molecule has 2 aliphatic rings. The molecular formula is C20H25N5O3. The molecule has 1 aliphatic carbocycles. The van der Waals surface area contributed by atoms with Crippen LogP contribution >= 0.6 is 0 Å². The molecule has 2 aromatic rings. The molecule has 1 saturated carbocycles. The van der Waals surface area contributed by atoms with Crippen molar-refractivity contribution in [2.75, 3.05) is 11.9 Å². The molecule has 0 bridgehead atoms. The summed E-state index contributed by atoms with van der Waals surface area (Å²) in [6.07, 6.45) is 3.48. The van der Waals surface area contributed by atoms with Crippen LogP contribution in [0.5, 0.6) is 0 Å². The lowest BCUT2D eigenvalue weighted by atomic mass is 9.73. The zero-order valence-electron chi connectivity index (χ0n) is 16.2. The van der Waals surface area contributed by atoms with E-state index in [1.54, 1.807) is 0 Å². The van der Waals surface area contributed by atoms with Gasteiger partial charge in [-0.05, 0) is 37.8 Å². The molecule has 4 amide bonds. The smallest absolute Gasteiger partial charge is 0.323 e. The third-order valence-corrected chi connectivity index (χ3v) is 6.03. The van der Waals surface area contributed by atoms with Gasteiger partial charge >= 0.3 is 6.03 Å². The number of benzene rings is 1. The Hall–Kier alpha value is -2.90. The molecule has 1 spiro atoms. The number of anilines is 1. The number of fused-ring (bicyclic) bond motifs is 1. The van der Waals surface area contributed by atoms with E-state index in [-0.39, 0.29) is 18.4 Å². The van der Waals surface area contributed by atoms with Crippen LogP contribution in [-0.2, 0) is 16.1 Å². The van der Waals surface area contributed by atoms with Crippen molar-refractivity contribution in [1.29, 1.82) is 0 Å². The van der Waals surface area contributed by atoms with Crippen LogP contribution in [-0.4, -0.2) is 44.4 Å². The SMILES string of the molecule is CCn1c(NC(=O)CN2C(=O)NC3(CCCCC3C)C2=O)nc2ccccc21. The maximum atomic E-state index is 13.0. The summed E-state index contributed by atoms with van der Waals surface area (Å²) in [7, 11) is 0. The summed E-state index contributed by atoms with van der Waals surface area (Å²) in [5, 5.41) is 5.63. The van der Waals surface area contributed by atoms with Crippen LogP contribution in [0.2, 0.25) is 0 Å². The van der Waals surface area contributed by atoms with Crippen molar-refractivity contribution in [2.45, 2.75) is 51.6 Å². The average molecular weight is 383 g/mol. The molecule has 8 nitrogen and oxygen atoms in total. The second-order valence-electron chi connectivity index (χ2n) is 7.66. The number of imidazole rings is 1. The van der Waals surface area contributed by atoms with E-state index in [2.05, 4.69) is 15.6 Å². The number of nitrogens with zero attached hydrogens (tertiary/aromatic N) is 3. The quantitative estimate of drug-likeness (QED) is 0.793. The van der Waals surface area contributed by atoms with E-state index in [0.29, 0.717) is 18.9 Å². The number of aromatic nitrogens is 2. The predicted molar refractivity (Wildman–Crippen MR) is 105 cm³/mol. The van der Waals surface area contributed by atoms with Crippen molar-refractivity contribution in [3.8, 4) is 0 Å². The van der Waals surface area contributed by atoms with Crippen molar-refractivity contribution < 1.29 is 14.4 Å². The fourth-order valence-electron chi connectivity index (χ4n) is 4.44. The zero-order chi connectivity index (χ0) is 19.9. The normalized spacial score (nSPS) is 24.8. The minimum Gasteiger partial charge on any atom is -0.323 e. The summed E-state index contributed by atoms with van der Waals surface area (Å²) < 4.78 is 1.89. The molecule has 1 aliphatic heterocycles. The first-order chi connectivity index (χ1) is 13.5. The molecule has 2 heterocycles. The van der Waals surface area contributed by atoms with Gasteiger partial charge in [0.1, 0.15) is 12.1 Å².